The van der Waals surface area contributed by atoms with Crippen LogP contribution in [0.4, 0.5) is 0 Å². The summed E-state index contributed by atoms with van der Waals surface area (Å²) in [4.78, 5) is 6.94. The molecule has 1 aliphatic heterocycles. The molecule has 21 heavy (non-hydrogen) atoms. The quantitative estimate of drug-likeness (QED) is 0.833. The van der Waals surface area contributed by atoms with Crippen LogP contribution in [0.25, 0.3) is 0 Å². The van der Waals surface area contributed by atoms with Crippen LogP contribution in [-0.2, 0) is 6.54 Å². The maximum absolute atomic E-state index is 5.71. The van der Waals surface area contributed by atoms with E-state index in [1.54, 1.807) is 0 Å². The van der Waals surface area contributed by atoms with Gasteiger partial charge in [0, 0.05) is 24.3 Å². The highest BCUT2D eigenvalue weighted by atomic mass is 16.5. The first-order valence-electron chi connectivity index (χ1n) is 7.74. The number of ether oxygens (including phenoxy) is 1. The number of hydrogen-bond donors (Lipinski definition) is 0. The third kappa shape index (κ3) is 3.24. The van der Waals surface area contributed by atoms with Crippen molar-refractivity contribution >= 4 is 0 Å². The third-order valence-electron chi connectivity index (χ3n) is 4.03. The van der Waals surface area contributed by atoms with Gasteiger partial charge in [-0.1, -0.05) is 36.4 Å². The first-order chi connectivity index (χ1) is 10.4. The average Bonchev–Trinajstić information content (AvgIpc) is 2.97. The van der Waals surface area contributed by atoms with E-state index >= 15 is 0 Å². The second-order valence-corrected chi connectivity index (χ2v) is 5.44. The van der Waals surface area contributed by atoms with E-state index < -0.39 is 0 Å². The number of benzene rings is 1. The summed E-state index contributed by atoms with van der Waals surface area (Å²) in [7, 11) is 0. The van der Waals surface area contributed by atoms with Crippen LogP contribution in [0.2, 0.25) is 0 Å². The van der Waals surface area contributed by atoms with E-state index in [1.807, 2.05) is 19.2 Å². The molecule has 110 valence electrons. The van der Waals surface area contributed by atoms with Crippen molar-refractivity contribution in [3.8, 4) is 5.88 Å². The summed E-state index contributed by atoms with van der Waals surface area (Å²) in [5, 5.41) is 0. The second-order valence-electron chi connectivity index (χ2n) is 5.44. The van der Waals surface area contributed by atoms with E-state index in [1.165, 1.54) is 24.0 Å². The van der Waals surface area contributed by atoms with Gasteiger partial charge in [-0.3, -0.25) is 4.90 Å². The van der Waals surface area contributed by atoms with Crippen LogP contribution < -0.4 is 4.74 Å². The monoisotopic (exact) mass is 282 g/mol. The van der Waals surface area contributed by atoms with E-state index in [0.29, 0.717) is 12.6 Å². The number of rotatable bonds is 5. The minimum Gasteiger partial charge on any atom is -0.478 e. The Morgan fingerprint density at radius 1 is 1.19 bits per heavy atom. The number of likely N-dealkylation sites (tertiary alicyclic amines) is 1. The minimum absolute atomic E-state index is 0.417. The molecule has 3 heteroatoms. The molecule has 1 fully saturated rings. The van der Waals surface area contributed by atoms with Crippen molar-refractivity contribution in [2.75, 3.05) is 13.2 Å². The molecule has 0 radical (unpaired) electrons. The fourth-order valence-corrected chi connectivity index (χ4v) is 3.10. The highest BCUT2D eigenvalue weighted by Gasteiger charge is 2.28. The molecule has 1 atom stereocenters. The smallest absolute Gasteiger partial charge is 0.218 e. The zero-order valence-corrected chi connectivity index (χ0v) is 12.5. The molecule has 3 nitrogen and oxygen atoms in total. The fraction of sp³-hybridized carbons (Fsp3) is 0.389. The highest BCUT2D eigenvalue weighted by molar-refractivity contribution is 5.30. The standard InChI is InChI=1S/C18H22N2O/c1-2-21-18-16(10-6-12-19-18)17-11-7-13-20(17)14-15-8-4-3-5-9-15/h3-6,8-10,12,17H,2,7,11,13-14H2,1H3/t17-/m0/s1. The summed E-state index contributed by atoms with van der Waals surface area (Å²) in [5.74, 6) is 0.796. The normalized spacial score (nSPS) is 18.8. The van der Waals surface area contributed by atoms with Crippen LogP contribution in [0.1, 0.15) is 36.9 Å². The molecule has 0 saturated carbocycles. The summed E-state index contributed by atoms with van der Waals surface area (Å²) < 4.78 is 5.71. The highest BCUT2D eigenvalue weighted by Crippen LogP contribution is 2.36. The van der Waals surface area contributed by atoms with Gasteiger partial charge in [0.1, 0.15) is 0 Å². The first-order valence-corrected chi connectivity index (χ1v) is 7.74. The third-order valence-corrected chi connectivity index (χ3v) is 4.03. The van der Waals surface area contributed by atoms with E-state index in [4.69, 9.17) is 4.74 Å². The van der Waals surface area contributed by atoms with E-state index in [2.05, 4.69) is 46.3 Å². The van der Waals surface area contributed by atoms with Crippen LogP contribution in [0.3, 0.4) is 0 Å². The van der Waals surface area contributed by atoms with Crippen molar-refractivity contribution in [2.45, 2.75) is 32.4 Å². The molecular weight excluding hydrogens is 260 g/mol. The molecule has 1 aliphatic rings. The first kappa shape index (κ1) is 14.1. The van der Waals surface area contributed by atoms with Crippen LogP contribution >= 0.6 is 0 Å². The molecule has 0 unspecified atom stereocenters. The van der Waals surface area contributed by atoms with Crippen molar-refractivity contribution in [2.24, 2.45) is 0 Å². The molecule has 0 bridgehead atoms. The molecule has 0 N–H and O–H groups in total. The minimum atomic E-state index is 0.417. The van der Waals surface area contributed by atoms with Crippen LogP contribution in [0, 0.1) is 0 Å². The molecule has 1 saturated heterocycles. The SMILES string of the molecule is CCOc1ncccc1[C@@H]1CCCN1Cc1ccccc1. The van der Waals surface area contributed by atoms with Crippen LogP contribution in [-0.4, -0.2) is 23.0 Å². The van der Waals surface area contributed by atoms with Gasteiger partial charge in [-0.25, -0.2) is 4.98 Å². The van der Waals surface area contributed by atoms with Crippen molar-refractivity contribution in [1.29, 1.82) is 0 Å². The van der Waals surface area contributed by atoms with Gasteiger partial charge < -0.3 is 4.74 Å². The predicted molar refractivity (Wildman–Crippen MR) is 84.2 cm³/mol. The predicted octanol–water partition coefficient (Wildman–Crippen LogP) is 3.82. The summed E-state index contributed by atoms with van der Waals surface area (Å²) in [6.45, 7) is 4.80. The maximum Gasteiger partial charge on any atom is 0.218 e. The Bertz CT molecular complexity index is 570. The lowest BCUT2D eigenvalue weighted by Crippen LogP contribution is -2.23. The van der Waals surface area contributed by atoms with Crippen LogP contribution in [0.15, 0.2) is 48.7 Å². The van der Waals surface area contributed by atoms with E-state index in [0.717, 1.165) is 19.0 Å². The topological polar surface area (TPSA) is 25.4 Å². The Morgan fingerprint density at radius 3 is 2.86 bits per heavy atom. The van der Waals surface area contributed by atoms with Crippen molar-refractivity contribution in [3.63, 3.8) is 0 Å². The van der Waals surface area contributed by atoms with Gasteiger partial charge >= 0.3 is 0 Å². The van der Waals surface area contributed by atoms with Gasteiger partial charge in [-0.2, -0.15) is 0 Å². The molecule has 2 aromatic rings. The number of nitrogens with zero attached hydrogens (tertiary/aromatic N) is 2. The van der Waals surface area contributed by atoms with Gasteiger partial charge in [0.2, 0.25) is 5.88 Å². The largest absolute Gasteiger partial charge is 0.478 e. The van der Waals surface area contributed by atoms with Crippen molar-refractivity contribution < 1.29 is 4.74 Å². The molecule has 3 rings (SSSR count). The number of aromatic nitrogens is 1. The van der Waals surface area contributed by atoms with E-state index in [-0.39, 0.29) is 0 Å². The second kappa shape index (κ2) is 6.72. The molecule has 0 aliphatic carbocycles. The molecule has 0 amide bonds. The van der Waals surface area contributed by atoms with Crippen molar-refractivity contribution in [3.05, 3.63) is 59.8 Å². The van der Waals surface area contributed by atoms with Crippen LogP contribution in [0.5, 0.6) is 5.88 Å². The van der Waals surface area contributed by atoms with Gasteiger partial charge in [0.05, 0.1) is 6.61 Å². The summed E-state index contributed by atoms with van der Waals surface area (Å²) in [5.41, 5.74) is 2.60. The molecule has 1 aromatic heterocycles. The molecular formula is C18H22N2O. The Labute approximate surface area is 126 Å². The van der Waals surface area contributed by atoms with Crippen molar-refractivity contribution in [1.82, 2.24) is 9.88 Å². The van der Waals surface area contributed by atoms with Gasteiger partial charge in [-0.05, 0) is 37.9 Å². The lowest BCUT2D eigenvalue weighted by Gasteiger charge is -2.25. The Morgan fingerprint density at radius 2 is 2.05 bits per heavy atom. The average molecular weight is 282 g/mol. The molecule has 2 heterocycles. The van der Waals surface area contributed by atoms with Gasteiger partial charge in [0.15, 0.2) is 0 Å². The summed E-state index contributed by atoms with van der Waals surface area (Å²) in [6, 6.07) is 15.3. The Hall–Kier alpha value is -1.87. The molecule has 0 spiro atoms. The number of hydrogen-bond acceptors (Lipinski definition) is 3. The molecule has 1 aromatic carbocycles. The lowest BCUT2D eigenvalue weighted by atomic mass is 10.1. The summed E-state index contributed by atoms with van der Waals surface area (Å²) in [6.07, 6.45) is 4.22. The Kier molecular flexibility index (Phi) is 4.51. The number of pyridine rings is 1. The van der Waals surface area contributed by atoms with E-state index in [9.17, 15) is 0 Å². The summed E-state index contributed by atoms with van der Waals surface area (Å²) >= 11 is 0. The fourth-order valence-electron chi connectivity index (χ4n) is 3.10. The maximum atomic E-state index is 5.71. The lowest BCUT2D eigenvalue weighted by molar-refractivity contribution is 0.237. The van der Waals surface area contributed by atoms with Gasteiger partial charge in [0.25, 0.3) is 0 Å². The zero-order valence-electron chi connectivity index (χ0n) is 12.5. The Balaban J connectivity index is 1.81. The zero-order chi connectivity index (χ0) is 14.5. The van der Waals surface area contributed by atoms with Gasteiger partial charge in [-0.15, -0.1) is 0 Å².